The molecule has 0 fully saturated rings. The van der Waals surface area contributed by atoms with Crippen molar-refractivity contribution in [3.8, 4) is 22.6 Å². The van der Waals surface area contributed by atoms with E-state index in [9.17, 15) is 12.8 Å². The van der Waals surface area contributed by atoms with Crippen molar-refractivity contribution in [1.29, 1.82) is 0 Å². The van der Waals surface area contributed by atoms with Crippen molar-refractivity contribution in [1.82, 2.24) is 24.3 Å². The average molecular weight is 383 g/mol. The molecule has 1 aromatic carbocycles. The lowest BCUT2D eigenvalue weighted by Crippen LogP contribution is -2.05. The first kappa shape index (κ1) is 17.2. The third-order valence-corrected chi connectivity index (χ3v) is 4.90. The maximum Gasteiger partial charge on any atom is 0.247 e. The maximum absolute atomic E-state index is 13.4. The molecule has 0 saturated heterocycles. The second-order valence-electron chi connectivity index (χ2n) is 6.02. The van der Waals surface area contributed by atoms with Gasteiger partial charge in [0, 0.05) is 30.4 Å². The van der Waals surface area contributed by atoms with E-state index in [2.05, 4.69) is 19.9 Å². The minimum Gasteiger partial charge on any atom is -0.295 e. The summed E-state index contributed by atoms with van der Waals surface area (Å²) < 4.78 is 38.9. The minimum atomic E-state index is -3.57. The fourth-order valence-electron chi connectivity index (χ4n) is 2.81. The van der Waals surface area contributed by atoms with Crippen LogP contribution < -0.4 is 0 Å². The Balaban J connectivity index is 2.06. The van der Waals surface area contributed by atoms with Gasteiger partial charge in [-0.15, -0.1) is 0 Å². The predicted octanol–water partition coefficient (Wildman–Crippen LogP) is 2.70. The summed E-state index contributed by atoms with van der Waals surface area (Å²) >= 11 is 0. The molecule has 0 aliphatic heterocycles. The number of benzene rings is 1. The van der Waals surface area contributed by atoms with Crippen LogP contribution in [0.5, 0.6) is 0 Å². The lowest BCUT2D eigenvalue weighted by atomic mass is 10.1. The van der Waals surface area contributed by atoms with Crippen LogP contribution in [0.15, 0.2) is 54.1 Å². The van der Waals surface area contributed by atoms with Crippen molar-refractivity contribution in [2.24, 2.45) is 0 Å². The Hall–Kier alpha value is -3.20. The number of fused-ring (bicyclic) bond motifs is 1. The van der Waals surface area contributed by atoms with E-state index in [0.717, 1.165) is 6.26 Å². The molecular weight excluding hydrogens is 369 g/mol. The zero-order chi connectivity index (χ0) is 19.2. The number of hydrogen-bond donors (Lipinski definition) is 0. The standard InChI is InChI=1S/C18H14FN5O2S/c1-11-17-23-15(12-3-5-13(19)6-4-12)16(24(17)10-9-20-11)14-7-8-21-18(22-14)27(2,25)26/h3-10H,1-2H3. The van der Waals surface area contributed by atoms with E-state index >= 15 is 0 Å². The summed E-state index contributed by atoms with van der Waals surface area (Å²) in [6, 6.07) is 7.53. The quantitative estimate of drug-likeness (QED) is 0.505. The fourth-order valence-corrected chi connectivity index (χ4v) is 3.32. The van der Waals surface area contributed by atoms with Gasteiger partial charge in [-0.2, -0.15) is 0 Å². The van der Waals surface area contributed by atoms with Crippen LogP contribution in [-0.2, 0) is 9.84 Å². The molecule has 4 aromatic rings. The molecule has 0 aliphatic carbocycles. The van der Waals surface area contributed by atoms with Gasteiger partial charge >= 0.3 is 0 Å². The molecule has 0 aliphatic rings. The Labute approximate surface area is 154 Å². The van der Waals surface area contributed by atoms with Crippen LogP contribution in [0.4, 0.5) is 4.39 Å². The third kappa shape index (κ3) is 3.06. The number of hydrogen-bond acceptors (Lipinski definition) is 6. The van der Waals surface area contributed by atoms with Gasteiger partial charge in [0.25, 0.3) is 0 Å². The van der Waals surface area contributed by atoms with Crippen LogP contribution in [0.2, 0.25) is 0 Å². The zero-order valence-corrected chi connectivity index (χ0v) is 15.3. The molecule has 0 radical (unpaired) electrons. The highest BCUT2D eigenvalue weighted by molar-refractivity contribution is 7.90. The highest BCUT2D eigenvalue weighted by atomic mass is 32.2. The van der Waals surface area contributed by atoms with Gasteiger partial charge in [0.15, 0.2) is 5.65 Å². The number of nitrogens with zero attached hydrogens (tertiary/aromatic N) is 5. The molecule has 27 heavy (non-hydrogen) atoms. The van der Waals surface area contributed by atoms with Gasteiger partial charge in [-0.25, -0.2) is 27.8 Å². The zero-order valence-electron chi connectivity index (χ0n) is 14.5. The number of aryl methyl sites for hydroxylation is 1. The Kier molecular flexibility index (Phi) is 3.96. The predicted molar refractivity (Wildman–Crippen MR) is 97.3 cm³/mol. The molecule has 0 unspecified atom stereocenters. The summed E-state index contributed by atoms with van der Waals surface area (Å²) in [5.41, 5.74) is 3.49. The summed E-state index contributed by atoms with van der Waals surface area (Å²) in [4.78, 5) is 17.0. The molecule has 3 heterocycles. The normalized spacial score (nSPS) is 11.8. The maximum atomic E-state index is 13.4. The monoisotopic (exact) mass is 383 g/mol. The molecule has 9 heteroatoms. The van der Waals surface area contributed by atoms with Crippen molar-refractivity contribution in [2.75, 3.05) is 6.26 Å². The summed E-state index contributed by atoms with van der Waals surface area (Å²) in [5.74, 6) is -0.358. The molecule has 0 atom stereocenters. The Morgan fingerprint density at radius 1 is 1.00 bits per heavy atom. The van der Waals surface area contributed by atoms with Gasteiger partial charge in [-0.3, -0.25) is 9.38 Å². The van der Waals surface area contributed by atoms with E-state index in [1.165, 1.54) is 18.3 Å². The molecule has 0 bridgehead atoms. The van der Waals surface area contributed by atoms with E-state index < -0.39 is 9.84 Å². The molecule has 7 nitrogen and oxygen atoms in total. The van der Waals surface area contributed by atoms with Crippen molar-refractivity contribution in [3.63, 3.8) is 0 Å². The van der Waals surface area contributed by atoms with Gasteiger partial charge < -0.3 is 0 Å². The van der Waals surface area contributed by atoms with Gasteiger partial charge in [0.1, 0.15) is 5.82 Å². The number of rotatable bonds is 3. The molecule has 0 saturated carbocycles. The summed E-state index contributed by atoms with van der Waals surface area (Å²) in [6.45, 7) is 1.82. The minimum absolute atomic E-state index is 0.272. The molecule has 0 amide bonds. The lowest BCUT2D eigenvalue weighted by molar-refractivity contribution is 0.593. The van der Waals surface area contributed by atoms with Crippen molar-refractivity contribution in [2.45, 2.75) is 12.1 Å². The van der Waals surface area contributed by atoms with Gasteiger partial charge in [-0.1, -0.05) is 0 Å². The largest absolute Gasteiger partial charge is 0.295 e. The number of aromatic nitrogens is 5. The van der Waals surface area contributed by atoms with Crippen LogP contribution in [0.1, 0.15) is 5.69 Å². The first-order chi connectivity index (χ1) is 12.8. The highest BCUT2D eigenvalue weighted by Crippen LogP contribution is 2.32. The number of imidazole rings is 1. The van der Waals surface area contributed by atoms with E-state index in [-0.39, 0.29) is 11.0 Å². The topological polar surface area (TPSA) is 90.1 Å². The van der Waals surface area contributed by atoms with Crippen LogP contribution in [-0.4, -0.2) is 39.0 Å². The molecular formula is C18H14FN5O2S. The first-order valence-electron chi connectivity index (χ1n) is 7.97. The van der Waals surface area contributed by atoms with Crippen LogP contribution >= 0.6 is 0 Å². The van der Waals surface area contributed by atoms with Crippen LogP contribution in [0.3, 0.4) is 0 Å². The fraction of sp³-hybridized carbons (Fsp3) is 0.111. The highest BCUT2D eigenvalue weighted by Gasteiger charge is 2.20. The van der Waals surface area contributed by atoms with E-state index in [1.54, 1.807) is 35.0 Å². The summed E-state index contributed by atoms with van der Waals surface area (Å²) in [6.07, 6.45) is 5.79. The van der Waals surface area contributed by atoms with Crippen LogP contribution in [0.25, 0.3) is 28.3 Å². The van der Waals surface area contributed by atoms with E-state index in [1.807, 2.05) is 6.92 Å². The number of sulfone groups is 1. The molecule has 0 N–H and O–H groups in total. The van der Waals surface area contributed by atoms with Gasteiger partial charge in [-0.05, 0) is 37.3 Å². The third-order valence-electron chi connectivity index (χ3n) is 4.04. The summed E-state index contributed by atoms with van der Waals surface area (Å²) in [7, 11) is -3.57. The SMILES string of the molecule is Cc1nccn2c(-c3ccnc(S(C)(=O)=O)n3)c(-c3ccc(F)cc3)nc12. The second-order valence-corrected chi connectivity index (χ2v) is 7.93. The van der Waals surface area contributed by atoms with Crippen molar-refractivity contribution < 1.29 is 12.8 Å². The van der Waals surface area contributed by atoms with Crippen molar-refractivity contribution >= 4 is 15.5 Å². The molecule has 0 spiro atoms. The Morgan fingerprint density at radius 3 is 2.44 bits per heavy atom. The first-order valence-corrected chi connectivity index (χ1v) is 9.87. The van der Waals surface area contributed by atoms with Crippen LogP contribution in [0, 0.1) is 12.7 Å². The average Bonchev–Trinajstić information content (AvgIpc) is 3.03. The summed E-state index contributed by atoms with van der Waals surface area (Å²) in [5, 5.41) is -0.272. The Bertz CT molecular complexity index is 1270. The number of halogens is 1. The lowest BCUT2D eigenvalue weighted by Gasteiger charge is -2.06. The van der Waals surface area contributed by atoms with Crippen molar-refractivity contribution in [3.05, 3.63) is 60.4 Å². The molecule has 136 valence electrons. The van der Waals surface area contributed by atoms with E-state index in [0.29, 0.717) is 34.0 Å². The second kappa shape index (κ2) is 6.20. The van der Waals surface area contributed by atoms with E-state index in [4.69, 9.17) is 0 Å². The Morgan fingerprint density at radius 2 is 1.74 bits per heavy atom. The smallest absolute Gasteiger partial charge is 0.247 e. The molecule has 4 rings (SSSR count). The molecule has 3 aromatic heterocycles. The van der Waals surface area contributed by atoms with Gasteiger partial charge in [0.2, 0.25) is 15.0 Å². The van der Waals surface area contributed by atoms with Gasteiger partial charge in [0.05, 0.1) is 22.8 Å².